The molecular weight excluding hydrogens is 160 g/mol. The van der Waals surface area contributed by atoms with Gasteiger partial charge in [0.25, 0.3) is 0 Å². The van der Waals surface area contributed by atoms with Crippen molar-refractivity contribution in [2.24, 2.45) is 0 Å². The standard InChI is InChI=1S/C12H14O/c1-2-6-12(13)10-9-11-7-4-3-5-8-11/h2-8H,9-10H2,1H3/b6-2+. The van der Waals surface area contributed by atoms with Gasteiger partial charge in [-0.15, -0.1) is 0 Å². The van der Waals surface area contributed by atoms with Crippen LogP contribution in [0.2, 0.25) is 0 Å². The first-order valence-corrected chi connectivity index (χ1v) is 4.52. The molecule has 0 aliphatic heterocycles. The first kappa shape index (κ1) is 9.72. The molecule has 0 radical (unpaired) electrons. The lowest BCUT2D eigenvalue weighted by Gasteiger charge is -1.97. The molecule has 1 aromatic rings. The summed E-state index contributed by atoms with van der Waals surface area (Å²) in [5.41, 5.74) is 1.22. The van der Waals surface area contributed by atoms with E-state index in [1.54, 1.807) is 12.2 Å². The van der Waals surface area contributed by atoms with E-state index >= 15 is 0 Å². The van der Waals surface area contributed by atoms with Crippen LogP contribution in [-0.4, -0.2) is 5.78 Å². The Labute approximate surface area is 79.1 Å². The molecule has 0 amide bonds. The zero-order valence-electron chi connectivity index (χ0n) is 7.86. The maximum Gasteiger partial charge on any atom is 0.155 e. The van der Waals surface area contributed by atoms with Gasteiger partial charge in [-0.25, -0.2) is 0 Å². The minimum Gasteiger partial charge on any atom is -0.295 e. The molecule has 0 spiro atoms. The predicted octanol–water partition coefficient (Wildman–Crippen LogP) is 2.76. The highest BCUT2D eigenvalue weighted by Crippen LogP contribution is 2.02. The highest BCUT2D eigenvalue weighted by molar-refractivity contribution is 5.89. The van der Waals surface area contributed by atoms with Crippen LogP contribution >= 0.6 is 0 Å². The third-order valence-electron chi connectivity index (χ3n) is 1.86. The summed E-state index contributed by atoms with van der Waals surface area (Å²) in [7, 11) is 0. The summed E-state index contributed by atoms with van der Waals surface area (Å²) in [5, 5.41) is 0. The molecular formula is C12H14O. The average molecular weight is 174 g/mol. The molecule has 13 heavy (non-hydrogen) atoms. The second-order valence-corrected chi connectivity index (χ2v) is 2.95. The highest BCUT2D eigenvalue weighted by atomic mass is 16.1. The lowest BCUT2D eigenvalue weighted by atomic mass is 10.1. The predicted molar refractivity (Wildman–Crippen MR) is 54.6 cm³/mol. The molecule has 0 aliphatic rings. The fourth-order valence-electron chi connectivity index (χ4n) is 1.18. The summed E-state index contributed by atoms with van der Waals surface area (Å²) >= 11 is 0. The molecule has 0 N–H and O–H groups in total. The van der Waals surface area contributed by atoms with Crippen LogP contribution in [0.1, 0.15) is 18.9 Å². The van der Waals surface area contributed by atoms with Crippen molar-refractivity contribution >= 4 is 5.78 Å². The first-order valence-electron chi connectivity index (χ1n) is 4.52. The topological polar surface area (TPSA) is 17.1 Å². The van der Waals surface area contributed by atoms with Crippen LogP contribution in [0.5, 0.6) is 0 Å². The smallest absolute Gasteiger partial charge is 0.155 e. The molecule has 1 nitrogen and oxygen atoms in total. The van der Waals surface area contributed by atoms with Gasteiger partial charge >= 0.3 is 0 Å². The zero-order chi connectivity index (χ0) is 9.52. The van der Waals surface area contributed by atoms with Crippen molar-refractivity contribution in [3.63, 3.8) is 0 Å². The van der Waals surface area contributed by atoms with E-state index in [0.717, 1.165) is 6.42 Å². The molecule has 1 rings (SSSR count). The van der Waals surface area contributed by atoms with Gasteiger partial charge in [0.15, 0.2) is 5.78 Å². The van der Waals surface area contributed by atoms with Gasteiger partial charge in [-0.3, -0.25) is 4.79 Å². The van der Waals surface area contributed by atoms with Gasteiger partial charge in [-0.05, 0) is 25.0 Å². The Morgan fingerprint density at radius 2 is 2.00 bits per heavy atom. The van der Waals surface area contributed by atoms with Crippen molar-refractivity contribution in [1.82, 2.24) is 0 Å². The fraction of sp³-hybridized carbons (Fsp3) is 0.250. The highest BCUT2D eigenvalue weighted by Gasteiger charge is 1.96. The number of rotatable bonds is 4. The number of carbonyl (C=O) groups excluding carboxylic acids is 1. The van der Waals surface area contributed by atoms with Crippen LogP contribution in [0.4, 0.5) is 0 Å². The molecule has 1 heteroatoms. The second-order valence-electron chi connectivity index (χ2n) is 2.95. The van der Waals surface area contributed by atoms with E-state index in [0.29, 0.717) is 6.42 Å². The minimum absolute atomic E-state index is 0.200. The number of hydrogen-bond acceptors (Lipinski definition) is 1. The Balaban J connectivity index is 2.40. The van der Waals surface area contributed by atoms with E-state index in [-0.39, 0.29) is 5.78 Å². The lowest BCUT2D eigenvalue weighted by molar-refractivity contribution is -0.114. The van der Waals surface area contributed by atoms with Gasteiger partial charge < -0.3 is 0 Å². The summed E-state index contributed by atoms with van der Waals surface area (Å²) in [6, 6.07) is 10.1. The van der Waals surface area contributed by atoms with E-state index < -0.39 is 0 Å². The second kappa shape index (κ2) is 5.31. The molecule has 0 aliphatic carbocycles. The van der Waals surface area contributed by atoms with Crippen LogP contribution in [0, 0.1) is 0 Å². The van der Waals surface area contributed by atoms with Crippen molar-refractivity contribution in [1.29, 1.82) is 0 Å². The monoisotopic (exact) mass is 174 g/mol. The molecule has 0 saturated heterocycles. The van der Waals surface area contributed by atoms with E-state index in [9.17, 15) is 4.79 Å². The third-order valence-corrected chi connectivity index (χ3v) is 1.86. The summed E-state index contributed by atoms with van der Waals surface area (Å²) in [6.45, 7) is 1.86. The SMILES string of the molecule is C/C=C/C(=O)CCc1ccccc1. The van der Waals surface area contributed by atoms with E-state index in [4.69, 9.17) is 0 Å². The molecule has 0 aromatic heterocycles. The molecule has 0 saturated carbocycles. The maximum atomic E-state index is 11.1. The number of allylic oxidation sites excluding steroid dienone is 2. The normalized spacial score (nSPS) is 10.5. The van der Waals surface area contributed by atoms with Crippen molar-refractivity contribution in [2.75, 3.05) is 0 Å². The van der Waals surface area contributed by atoms with Crippen LogP contribution < -0.4 is 0 Å². The Morgan fingerprint density at radius 1 is 1.31 bits per heavy atom. The number of aryl methyl sites for hydroxylation is 1. The largest absolute Gasteiger partial charge is 0.295 e. The summed E-state index contributed by atoms with van der Waals surface area (Å²) in [4.78, 5) is 11.1. The Morgan fingerprint density at radius 3 is 2.62 bits per heavy atom. The van der Waals surface area contributed by atoms with Crippen LogP contribution in [0.25, 0.3) is 0 Å². The Bertz CT molecular complexity index is 285. The summed E-state index contributed by atoms with van der Waals surface area (Å²) in [5.74, 6) is 0.200. The van der Waals surface area contributed by atoms with E-state index in [2.05, 4.69) is 0 Å². The number of ketones is 1. The molecule has 0 fully saturated rings. The average Bonchev–Trinajstić information content (AvgIpc) is 2.17. The number of carbonyl (C=O) groups is 1. The van der Waals surface area contributed by atoms with Crippen molar-refractivity contribution in [3.8, 4) is 0 Å². The Hall–Kier alpha value is -1.37. The van der Waals surface area contributed by atoms with Gasteiger partial charge in [-0.1, -0.05) is 36.4 Å². The fourth-order valence-corrected chi connectivity index (χ4v) is 1.18. The first-order chi connectivity index (χ1) is 6.33. The minimum atomic E-state index is 0.200. The number of benzene rings is 1. The summed E-state index contributed by atoms with van der Waals surface area (Å²) < 4.78 is 0. The van der Waals surface area contributed by atoms with Crippen LogP contribution in [0.3, 0.4) is 0 Å². The molecule has 68 valence electrons. The molecule has 0 atom stereocenters. The number of hydrogen-bond donors (Lipinski definition) is 0. The molecule has 0 heterocycles. The van der Waals surface area contributed by atoms with Crippen LogP contribution in [-0.2, 0) is 11.2 Å². The van der Waals surface area contributed by atoms with Crippen molar-refractivity contribution in [2.45, 2.75) is 19.8 Å². The van der Waals surface area contributed by atoms with Gasteiger partial charge in [0.2, 0.25) is 0 Å². The van der Waals surface area contributed by atoms with Crippen molar-refractivity contribution in [3.05, 3.63) is 48.0 Å². The summed E-state index contributed by atoms with van der Waals surface area (Å²) in [6.07, 6.45) is 4.86. The van der Waals surface area contributed by atoms with Gasteiger partial charge in [0.1, 0.15) is 0 Å². The van der Waals surface area contributed by atoms with Gasteiger partial charge in [0.05, 0.1) is 0 Å². The lowest BCUT2D eigenvalue weighted by Crippen LogP contribution is -1.95. The quantitative estimate of drug-likeness (QED) is 0.641. The molecule has 0 bridgehead atoms. The molecule has 0 unspecified atom stereocenters. The van der Waals surface area contributed by atoms with Gasteiger partial charge in [-0.2, -0.15) is 0 Å². The maximum absolute atomic E-state index is 11.1. The van der Waals surface area contributed by atoms with Crippen LogP contribution in [0.15, 0.2) is 42.5 Å². The van der Waals surface area contributed by atoms with Crippen molar-refractivity contribution < 1.29 is 4.79 Å². The van der Waals surface area contributed by atoms with E-state index in [1.165, 1.54) is 5.56 Å². The molecule has 1 aromatic carbocycles. The van der Waals surface area contributed by atoms with Gasteiger partial charge in [0, 0.05) is 6.42 Å². The third kappa shape index (κ3) is 3.70. The zero-order valence-corrected chi connectivity index (χ0v) is 7.86. The Kier molecular flexibility index (Phi) is 3.97. The van der Waals surface area contributed by atoms with E-state index in [1.807, 2.05) is 37.3 Å².